The van der Waals surface area contributed by atoms with Crippen LogP contribution in [0.25, 0.3) is 0 Å². The van der Waals surface area contributed by atoms with E-state index in [1.807, 2.05) is 47.4 Å². The van der Waals surface area contributed by atoms with Crippen LogP contribution in [-0.4, -0.2) is 66.0 Å². The minimum absolute atomic E-state index is 0. The minimum Gasteiger partial charge on any atom is -0.487 e. The molecule has 2 aromatic rings. The molecule has 0 radical (unpaired) electrons. The molecule has 0 spiro atoms. The van der Waals surface area contributed by atoms with Gasteiger partial charge in [-0.15, -0.1) is 12.4 Å². The fourth-order valence-electron chi connectivity index (χ4n) is 3.94. The third kappa shape index (κ3) is 5.92. The Kier molecular flexibility index (Phi) is 7.86. The molecule has 0 bridgehead atoms. The lowest BCUT2D eigenvalue weighted by Gasteiger charge is -2.32. The summed E-state index contributed by atoms with van der Waals surface area (Å²) in [5, 5.41) is 3.39. The third-order valence-electron chi connectivity index (χ3n) is 5.58. The molecule has 2 aliphatic rings. The second kappa shape index (κ2) is 10.6. The number of ether oxygens (including phenoxy) is 1. The average molecular weight is 417 g/mol. The van der Waals surface area contributed by atoms with Crippen LogP contribution in [0.3, 0.4) is 0 Å². The molecule has 2 saturated heterocycles. The standard InChI is InChI=1S/C22H28N4O2.ClH/c27-22(26-12-8-20(16-26)25-13-10-23-11-14-25)15-18-4-6-21(7-5-18)28-17-19-3-1-2-9-24-19;/h1-7,9,20,23H,8,10-17H2;1H. The van der Waals surface area contributed by atoms with Gasteiger partial charge in [0.15, 0.2) is 0 Å². The quantitative estimate of drug-likeness (QED) is 0.781. The lowest BCUT2D eigenvalue weighted by molar-refractivity contribution is -0.129. The summed E-state index contributed by atoms with van der Waals surface area (Å²) in [4.78, 5) is 21.5. The SMILES string of the molecule is Cl.O=C(Cc1ccc(OCc2ccccn2)cc1)N1CCC(N2CCNCC2)C1. The summed E-state index contributed by atoms with van der Waals surface area (Å²) >= 11 is 0. The van der Waals surface area contributed by atoms with Crippen molar-refractivity contribution in [3.8, 4) is 5.75 Å². The third-order valence-corrected chi connectivity index (χ3v) is 5.58. The number of halogens is 1. The van der Waals surface area contributed by atoms with Crippen LogP contribution in [0.15, 0.2) is 48.7 Å². The molecule has 1 amide bonds. The van der Waals surface area contributed by atoms with Gasteiger partial charge in [0.1, 0.15) is 12.4 Å². The second-order valence-electron chi connectivity index (χ2n) is 7.50. The molecule has 6 nitrogen and oxygen atoms in total. The molecule has 4 rings (SSSR count). The lowest BCUT2D eigenvalue weighted by atomic mass is 10.1. The van der Waals surface area contributed by atoms with E-state index >= 15 is 0 Å². The number of nitrogens with zero attached hydrogens (tertiary/aromatic N) is 3. The van der Waals surface area contributed by atoms with Crippen molar-refractivity contribution in [3.63, 3.8) is 0 Å². The summed E-state index contributed by atoms with van der Waals surface area (Å²) in [6.07, 6.45) is 3.30. The number of hydrogen-bond acceptors (Lipinski definition) is 5. The molecule has 7 heteroatoms. The monoisotopic (exact) mass is 416 g/mol. The van der Waals surface area contributed by atoms with Gasteiger partial charge >= 0.3 is 0 Å². The molecule has 1 N–H and O–H groups in total. The number of carbonyl (C=O) groups is 1. The number of pyridine rings is 1. The maximum atomic E-state index is 12.7. The molecule has 1 atom stereocenters. The number of amides is 1. The Labute approximate surface area is 178 Å². The van der Waals surface area contributed by atoms with Crippen molar-refractivity contribution >= 4 is 18.3 Å². The molecule has 3 heterocycles. The average Bonchev–Trinajstić information content (AvgIpc) is 3.25. The zero-order valence-corrected chi connectivity index (χ0v) is 17.4. The highest BCUT2D eigenvalue weighted by Crippen LogP contribution is 2.19. The van der Waals surface area contributed by atoms with E-state index in [2.05, 4.69) is 15.2 Å². The maximum absolute atomic E-state index is 12.7. The number of likely N-dealkylation sites (tertiary alicyclic amines) is 1. The Hall–Kier alpha value is -2.15. The zero-order chi connectivity index (χ0) is 19.2. The molecule has 29 heavy (non-hydrogen) atoms. The predicted octanol–water partition coefficient (Wildman–Crippen LogP) is 2.13. The molecule has 1 unspecified atom stereocenters. The Morgan fingerprint density at radius 3 is 2.62 bits per heavy atom. The van der Waals surface area contributed by atoms with Gasteiger partial charge in [-0.05, 0) is 36.2 Å². The van der Waals surface area contributed by atoms with Crippen LogP contribution in [0, 0.1) is 0 Å². The van der Waals surface area contributed by atoms with Crippen LogP contribution >= 0.6 is 12.4 Å². The van der Waals surface area contributed by atoms with Gasteiger partial charge in [-0.2, -0.15) is 0 Å². The summed E-state index contributed by atoms with van der Waals surface area (Å²) in [5.41, 5.74) is 1.93. The summed E-state index contributed by atoms with van der Waals surface area (Å²) in [6.45, 7) is 6.47. The molecular formula is C22H29ClN4O2. The lowest BCUT2D eigenvalue weighted by Crippen LogP contribution is -2.49. The number of nitrogens with one attached hydrogen (secondary N) is 1. The number of aromatic nitrogens is 1. The molecule has 1 aromatic heterocycles. The summed E-state index contributed by atoms with van der Waals surface area (Å²) in [5.74, 6) is 1.02. The molecule has 1 aromatic carbocycles. The van der Waals surface area contributed by atoms with Crippen LogP contribution in [0.5, 0.6) is 5.75 Å². The van der Waals surface area contributed by atoms with Gasteiger partial charge in [-0.1, -0.05) is 18.2 Å². The Bertz CT molecular complexity index is 766. The van der Waals surface area contributed by atoms with Gasteiger partial charge in [0.2, 0.25) is 5.91 Å². The van der Waals surface area contributed by atoms with Crippen LogP contribution in [0.2, 0.25) is 0 Å². The highest BCUT2D eigenvalue weighted by atomic mass is 35.5. The van der Waals surface area contributed by atoms with Gasteiger partial charge in [0.05, 0.1) is 12.1 Å². The minimum atomic E-state index is 0. The predicted molar refractivity (Wildman–Crippen MR) is 115 cm³/mol. The van der Waals surface area contributed by atoms with Gasteiger partial charge in [0, 0.05) is 51.5 Å². The first-order valence-electron chi connectivity index (χ1n) is 10.1. The summed E-state index contributed by atoms with van der Waals surface area (Å²) in [6, 6.07) is 14.1. The van der Waals surface area contributed by atoms with Crippen molar-refractivity contribution in [1.29, 1.82) is 0 Å². The number of piperazine rings is 1. The highest BCUT2D eigenvalue weighted by molar-refractivity contribution is 5.85. The van der Waals surface area contributed by atoms with E-state index in [1.54, 1.807) is 6.20 Å². The van der Waals surface area contributed by atoms with E-state index in [-0.39, 0.29) is 18.3 Å². The van der Waals surface area contributed by atoms with E-state index < -0.39 is 0 Å². The molecule has 2 aliphatic heterocycles. The summed E-state index contributed by atoms with van der Waals surface area (Å²) < 4.78 is 5.76. The first-order valence-corrected chi connectivity index (χ1v) is 10.1. The molecular weight excluding hydrogens is 388 g/mol. The molecule has 0 saturated carbocycles. The second-order valence-corrected chi connectivity index (χ2v) is 7.50. The fourth-order valence-corrected chi connectivity index (χ4v) is 3.94. The normalized spacial score (nSPS) is 19.6. The van der Waals surface area contributed by atoms with Crippen molar-refractivity contribution in [2.75, 3.05) is 39.3 Å². The maximum Gasteiger partial charge on any atom is 0.227 e. The van der Waals surface area contributed by atoms with E-state index in [0.717, 1.165) is 62.7 Å². The van der Waals surface area contributed by atoms with E-state index in [4.69, 9.17) is 4.74 Å². The molecule has 156 valence electrons. The van der Waals surface area contributed by atoms with Crippen LogP contribution in [-0.2, 0) is 17.8 Å². The highest BCUT2D eigenvalue weighted by Gasteiger charge is 2.30. The van der Waals surface area contributed by atoms with E-state index in [9.17, 15) is 4.79 Å². The van der Waals surface area contributed by atoms with Crippen LogP contribution in [0.4, 0.5) is 0 Å². The van der Waals surface area contributed by atoms with Gasteiger partial charge in [-0.25, -0.2) is 0 Å². The largest absolute Gasteiger partial charge is 0.487 e. The van der Waals surface area contributed by atoms with Crippen molar-refractivity contribution in [2.24, 2.45) is 0 Å². The van der Waals surface area contributed by atoms with Crippen LogP contribution in [0.1, 0.15) is 17.7 Å². The molecule has 0 aliphatic carbocycles. The van der Waals surface area contributed by atoms with Crippen molar-refractivity contribution in [3.05, 3.63) is 59.9 Å². The Morgan fingerprint density at radius 2 is 1.90 bits per heavy atom. The smallest absolute Gasteiger partial charge is 0.227 e. The fraction of sp³-hybridized carbons (Fsp3) is 0.455. The number of carbonyl (C=O) groups excluding carboxylic acids is 1. The van der Waals surface area contributed by atoms with Gasteiger partial charge < -0.3 is 15.0 Å². The topological polar surface area (TPSA) is 57.7 Å². The first-order chi connectivity index (χ1) is 13.8. The number of benzene rings is 1. The molecule has 2 fully saturated rings. The number of hydrogen-bond donors (Lipinski definition) is 1. The first kappa shape index (κ1) is 21.6. The van der Waals surface area contributed by atoms with E-state index in [1.165, 1.54) is 0 Å². The van der Waals surface area contributed by atoms with Gasteiger partial charge in [-0.3, -0.25) is 14.7 Å². The van der Waals surface area contributed by atoms with Gasteiger partial charge in [0.25, 0.3) is 0 Å². The number of rotatable bonds is 6. The van der Waals surface area contributed by atoms with Crippen molar-refractivity contribution in [2.45, 2.75) is 25.5 Å². The van der Waals surface area contributed by atoms with Crippen molar-refractivity contribution in [1.82, 2.24) is 20.1 Å². The van der Waals surface area contributed by atoms with Crippen LogP contribution < -0.4 is 10.1 Å². The Balaban J connectivity index is 0.00000240. The van der Waals surface area contributed by atoms with E-state index in [0.29, 0.717) is 19.1 Å². The zero-order valence-electron chi connectivity index (χ0n) is 16.6. The van der Waals surface area contributed by atoms with Crippen molar-refractivity contribution < 1.29 is 9.53 Å². The Morgan fingerprint density at radius 1 is 1.10 bits per heavy atom. The summed E-state index contributed by atoms with van der Waals surface area (Å²) in [7, 11) is 0.